The Labute approximate surface area is 498 Å². The molecule has 6 nitrogen and oxygen atoms in total. The Kier molecular flexibility index (Phi) is 66.1. The Hall–Kier alpha value is -2.89. The van der Waals surface area contributed by atoms with Crippen LogP contribution in [0.25, 0.3) is 0 Å². The number of carbonyl (C=O) groups excluding carboxylic acids is 3. The monoisotopic (exact) mass is 1120 g/mol. The molecule has 0 saturated heterocycles. The van der Waals surface area contributed by atoms with Gasteiger partial charge < -0.3 is 14.2 Å². The van der Waals surface area contributed by atoms with Gasteiger partial charge in [0.15, 0.2) is 6.10 Å². The topological polar surface area (TPSA) is 78.9 Å². The van der Waals surface area contributed by atoms with Crippen molar-refractivity contribution in [3.63, 3.8) is 0 Å². The van der Waals surface area contributed by atoms with Crippen LogP contribution in [0.4, 0.5) is 0 Å². The van der Waals surface area contributed by atoms with Crippen molar-refractivity contribution in [2.24, 2.45) is 0 Å². The van der Waals surface area contributed by atoms with Crippen molar-refractivity contribution in [2.75, 3.05) is 13.2 Å². The van der Waals surface area contributed by atoms with E-state index in [1.807, 2.05) is 0 Å². The summed E-state index contributed by atoms with van der Waals surface area (Å²) in [6, 6.07) is 0. The summed E-state index contributed by atoms with van der Waals surface area (Å²) in [6.45, 7) is 6.66. The summed E-state index contributed by atoms with van der Waals surface area (Å²) in [5.41, 5.74) is 0. The fourth-order valence-electron chi connectivity index (χ4n) is 10.4. The SMILES string of the molecule is CCCCCCC/C=C\C/C=C\C/C=C\CCCCCCCCCCCCCCCCC(=O)OCC(COC(=O)CCCCCCC/C=C\CCCCCCCC)OC(=O)CCCCCCCCC/C=C\CCCCCCCCC. The number of esters is 3. The first-order chi connectivity index (χ1) is 39.5. The van der Waals surface area contributed by atoms with Crippen LogP contribution >= 0.6 is 0 Å². The highest BCUT2D eigenvalue weighted by molar-refractivity contribution is 5.71. The smallest absolute Gasteiger partial charge is 0.306 e. The third-order valence-corrected chi connectivity index (χ3v) is 15.7. The molecule has 0 aliphatic heterocycles. The summed E-state index contributed by atoms with van der Waals surface area (Å²) < 4.78 is 17.0. The first kappa shape index (κ1) is 77.1. The van der Waals surface area contributed by atoms with E-state index in [0.717, 1.165) is 77.0 Å². The zero-order chi connectivity index (χ0) is 57.8. The van der Waals surface area contributed by atoms with E-state index in [-0.39, 0.29) is 31.1 Å². The van der Waals surface area contributed by atoms with E-state index in [1.165, 1.54) is 257 Å². The largest absolute Gasteiger partial charge is 0.462 e. The van der Waals surface area contributed by atoms with Crippen LogP contribution in [0.15, 0.2) is 60.8 Å². The third kappa shape index (κ3) is 65.9. The lowest BCUT2D eigenvalue weighted by Gasteiger charge is -2.18. The molecule has 466 valence electrons. The molecule has 0 aromatic rings. The predicted molar refractivity (Wildman–Crippen MR) is 348 cm³/mol. The second kappa shape index (κ2) is 68.6. The normalized spacial score (nSPS) is 12.4. The zero-order valence-corrected chi connectivity index (χ0v) is 53.6. The maximum absolute atomic E-state index is 12.9. The Morgan fingerprint density at radius 1 is 0.250 bits per heavy atom. The number of unbranched alkanes of at least 4 members (excludes halogenated alkanes) is 44. The van der Waals surface area contributed by atoms with Crippen LogP contribution in [-0.4, -0.2) is 37.2 Å². The van der Waals surface area contributed by atoms with Crippen molar-refractivity contribution < 1.29 is 28.6 Å². The lowest BCUT2D eigenvalue weighted by Crippen LogP contribution is -2.30. The standard InChI is InChI=1S/C74H134O6/c1-4-7-10-13-16-19-22-25-28-30-32-33-34-35-36-37-38-39-40-41-42-44-46-49-52-55-58-61-64-67-73(76)79-70-71(69-78-72(75)66-63-60-57-54-51-48-45-27-24-21-18-15-12-9-6-3)80-74(77)68-65-62-59-56-53-50-47-43-31-29-26-23-20-17-14-11-8-5-2/h22,25,27,29-32,34-35,45,71H,4-21,23-24,26,28,33,36-44,46-70H2,1-3H3/b25-22-,31-29-,32-30-,35-34-,45-27-. The molecule has 0 N–H and O–H groups in total. The van der Waals surface area contributed by atoms with Gasteiger partial charge in [-0.3, -0.25) is 14.4 Å². The number of carbonyl (C=O) groups is 3. The van der Waals surface area contributed by atoms with Gasteiger partial charge in [-0.1, -0.05) is 306 Å². The first-order valence-electron chi connectivity index (χ1n) is 35.3. The van der Waals surface area contributed by atoms with Crippen molar-refractivity contribution in [2.45, 2.75) is 380 Å². The second-order valence-corrected chi connectivity index (χ2v) is 23.8. The third-order valence-electron chi connectivity index (χ3n) is 15.7. The fourth-order valence-corrected chi connectivity index (χ4v) is 10.4. The molecule has 0 saturated carbocycles. The lowest BCUT2D eigenvalue weighted by atomic mass is 10.0. The van der Waals surface area contributed by atoms with Gasteiger partial charge in [0.25, 0.3) is 0 Å². The van der Waals surface area contributed by atoms with Crippen LogP contribution in [-0.2, 0) is 28.6 Å². The summed E-state index contributed by atoms with van der Waals surface area (Å²) >= 11 is 0. The summed E-state index contributed by atoms with van der Waals surface area (Å²) in [5.74, 6) is -0.868. The molecule has 0 aromatic carbocycles. The predicted octanol–water partition coefficient (Wildman–Crippen LogP) is 24.3. The molecule has 1 atom stereocenters. The molecule has 0 heterocycles. The number of ether oxygens (including phenoxy) is 3. The van der Waals surface area contributed by atoms with Crippen molar-refractivity contribution in [1.29, 1.82) is 0 Å². The summed E-state index contributed by atoms with van der Waals surface area (Å²) in [6.07, 6.45) is 88.1. The molecule has 0 aliphatic carbocycles. The van der Waals surface area contributed by atoms with E-state index in [1.54, 1.807) is 0 Å². The highest BCUT2D eigenvalue weighted by atomic mass is 16.6. The molecule has 0 rings (SSSR count). The minimum Gasteiger partial charge on any atom is -0.462 e. The van der Waals surface area contributed by atoms with Gasteiger partial charge in [-0.25, -0.2) is 0 Å². The Morgan fingerprint density at radius 3 is 0.713 bits per heavy atom. The minimum atomic E-state index is -0.780. The zero-order valence-electron chi connectivity index (χ0n) is 53.6. The Balaban J connectivity index is 4.26. The molecular weight excluding hydrogens is 985 g/mol. The lowest BCUT2D eigenvalue weighted by molar-refractivity contribution is -0.167. The second-order valence-electron chi connectivity index (χ2n) is 23.8. The fraction of sp³-hybridized carbons (Fsp3) is 0.824. The van der Waals surface area contributed by atoms with E-state index in [9.17, 15) is 14.4 Å². The van der Waals surface area contributed by atoms with E-state index < -0.39 is 6.10 Å². The van der Waals surface area contributed by atoms with Gasteiger partial charge in [0, 0.05) is 19.3 Å². The average molecular weight is 1120 g/mol. The number of rotatable bonds is 65. The molecule has 1 unspecified atom stereocenters. The van der Waals surface area contributed by atoms with E-state index in [0.29, 0.717) is 19.3 Å². The highest BCUT2D eigenvalue weighted by Crippen LogP contribution is 2.17. The number of hydrogen-bond donors (Lipinski definition) is 0. The molecule has 80 heavy (non-hydrogen) atoms. The quantitative estimate of drug-likeness (QED) is 0.0261. The first-order valence-corrected chi connectivity index (χ1v) is 35.3. The van der Waals surface area contributed by atoms with E-state index >= 15 is 0 Å². The summed E-state index contributed by atoms with van der Waals surface area (Å²) in [5, 5.41) is 0. The molecule has 0 bridgehead atoms. The van der Waals surface area contributed by atoms with Crippen molar-refractivity contribution in [3.05, 3.63) is 60.8 Å². The van der Waals surface area contributed by atoms with Crippen LogP contribution in [0.2, 0.25) is 0 Å². The molecule has 0 spiro atoms. The van der Waals surface area contributed by atoms with Crippen LogP contribution < -0.4 is 0 Å². The van der Waals surface area contributed by atoms with Gasteiger partial charge in [-0.2, -0.15) is 0 Å². The van der Waals surface area contributed by atoms with Crippen LogP contribution in [0.5, 0.6) is 0 Å². The van der Waals surface area contributed by atoms with Gasteiger partial charge in [-0.15, -0.1) is 0 Å². The van der Waals surface area contributed by atoms with Gasteiger partial charge in [0.05, 0.1) is 0 Å². The van der Waals surface area contributed by atoms with E-state index in [4.69, 9.17) is 14.2 Å². The Bertz CT molecular complexity index is 1430. The summed E-state index contributed by atoms with van der Waals surface area (Å²) in [4.78, 5) is 38.4. The van der Waals surface area contributed by atoms with Gasteiger partial charge in [-0.05, 0) is 109 Å². The average Bonchev–Trinajstić information content (AvgIpc) is 3.46. The maximum Gasteiger partial charge on any atom is 0.306 e. The Morgan fingerprint density at radius 2 is 0.450 bits per heavy atom. The van der Waals surface area contributed by atoms with Crippen molar-refractivity contribution in [1.82, 2.24) is 0 Å². The molecule has 0 radical (unpaired) electrons. The van der Waals surface area contributed by atoms with Gasteiger partial charge >= 0.3 is 17.9 Å². The molecule has 0 amide bonds. The van der Waals surface area contributed by atoms with Crippen molar-refractivity contribution in [3.8, 4) is 0 Å². The van der Waals surface area contributed by atoms with Crippen molar-refractivity contribution >= 4 is 17.9 Å². The van der Waals surface area contributed by atoms with Gasteiger partial charge in [0.1, 0.15) is 13.2 Å². The van der Waals surface area contributed by atoms with Crippen LogP contribution in [0.1, 0.15) is 374 Å². The van der Waals surface area contributed by atoms with Crippen LogP contribution in [0.3, 0.4) is 0 Å². The summed E-state index contributed by atoms with van der Waals surface area (Å²) in [7, 11) is 0. The number of allylic oxidation sites excluding steroid dienone is 10. The van der Waals surface area contributed by atoms with E-state index in [2.05, 4.69) is 81.5 Å². The highest BCUT2D eigenvalue weighted by Gasteiger charge is 2.19. The molecule has 0 fully saturated rings. The molecule has 0 aromatic heterocycles. The maximum atomic E-state index is 12.9. The van der Waals surface area contributed by atoms with Crippen LogP contribution in [0, 0.1) is 0 Å². The molecule has 0 aliphatic rings. The minimum absolute atomic E-state index is 0.0759. The number of hydrogen-bond acceptors (Lipinski definition) is 6. The molecule has 6 heteroatoms. The molecular formula is C74H134O6. The van der Waals surface area contributed by atoms with Gasteiger partial charge in [0.2, 0.25) is 0 Å².